The summed E-state index contributed by atoms with van der Waals surface area (Å²) in [6, 6.07) is 5.63. The van der Waals surface area contributed by atoms with Crippen LogP contribution in [-0.2, 0) is 14.3 Å². The molecule has 0 unspecified atom stereocenters. The summed E-state index contributed by atoms with van der Waals surface area (Å²) in [6.07, 6.45) is 1.08. The fraction of sp³-hybridized carbons (Fsp3) is 0.524. The predicted octanol–water partition coefficient (Wildman–Crippen LogP) is 1.45. The van der Waals surface area contributed by atoms with E-state index in [2.05, 4.69) is 34.1 Å². The lowest BCUT2D eigenvalue weighted by molar-refractivity contribution is -0.135. The van der Waals surface area contributed by atoms with Crippen molar-refractivity contribution in [2.24, 2.45) is 5.92 Å². The van der Waals surface area contributed by atoms with Gasteiger partial charge in [-0.25, -0.2) is 9.59 Å². The molecular formula is C21H28N4O5. The fourth-order valence-corrected chi connectivity index (χ4v) is 3.94. The lowest BCUT2D eigenvalue weighted by Gasteiger charge is -2.37. The molecule has 9 heteroatoms. The van der Waals surface area contributed by atoms with Gasteiger partial charge in [0.05, 0.1) is 12.7 Å². The van der Waals surface area contributed by atoms with Crippen LogP contribution in [0.1, 0.15) is 37.0 Å². The zero-order valence-corrected chi connectivity index (χ0v) is 17.6. The van der Waals surface area contributed by atoms with E-state index in [1.807, 2.05) is 0 Å². The van der Waals surface area contributed by atoms with Gasteiger partial charge >= 0.3 is 12.0 Å². The van der Waals surface area contributed by atoms with E-state index in [1.165, 1.54) is 19.2 Å². The SMILES string of the molecule is COC(=O)c1ccc(NC(=O)CN2C(=O)NC3(CCN(CC(C)C)CC3)C2=O)cc1. The lowest BCUT2D eigenvalue weighted by atomic mass is 9.87. The van der Waals surface area contributed by atoms with Gasteiger partial charge in [-0.15, -0.1) is 0 Å². The van der Waals surface area contributed by atoms with Gasteiger partial charge in [-0.05, 0) is 43.0 Å². The molecular weight excluding hydrogens is 388 g/mol. The largest absolute Gasteiger partial charge is 0.465 e. The van der Waals surface area contributed by atoms with Crippen LogP contribution < -0.4 is 10.6 Å². The molecule has 0 bridgehead atoms. The highest BCUT2D eigenvalue weighted by atomic mass is 16.5. The second-order valence-corrected chi connectivity index (χ2v) is 8.22. The number of anilines is 1. The molecule has 162 valence electrons. The maximum absolute atomic E-state index is 13.0. The van der Waals surface area contributed by atoms with Crippen LogP contribution in [0, 0.1) is 5.92 Å². The van der Waals surface area contributed by atoms with Gasteiger partial charge in [-0.3, -0.25) is 14.5 Å². The number of nitrogens with one attached hydrogen (secondary N) is 2. The normalized spacial score (nSPS) is 18.6. The van der Waals surface area contributed by atoms with E-state index < -0.39 is 23.4 Å². The van der Waals surface area contributed by atoms with Crippen LogP contribution in [0.25, 0.3) is 0 Å². The number of hydrogen-bond acceptors (Lipinski definition) is 6. The molecule has 3 rings (SSSR count). The number of rotatable bonds is 6. The first kappa shape index (κ1) is 21.8. The maximum Gasteiger partial charge on any atom is 0.337 e. The van der Waals surface area contributed by atoms with Crippen LogP contribution in [-0.4, -0.2) is 72.4 Å². The number of ether oxygens (including phenoxy) is 1. The Hall–Kier alpha value is -2.94. The van der Waals surface area contributed by atoms with Gasteiger partial charge in [0.2, 0.25) is 5.91 Å². The summed E-state index contributed by atoms with van der Waals surface area (Å²) in [7, 11) is 1.29. The molecule has 2 aliphatic rings. The Balaban J connectivity index is 1.58. The molecule has 2 heterocycles. The second-order valence-electron chi connectivity index (χ2n) is 8.22. The maximum atomic E-state index is 13.0. The highest BCUT2D eigenvalue weighted by Gasteiger charge is 2.52. The molecule has 2 fully saturated rings. The van der Waals surface area contributed by atoms with Crippen LogP contribution in [0.2, 0.25) is 0 Å². The average molecular weight is 416 g/mol. The molecule has 0 radical (unpaired) electrons. The second kappa shape index (κ2) is 8.83. The van der Waals surface area contributed by atoms with Gasteiger partial charge in [0.1, 0.15) is 12.1 Å². The standard InChI is InChI=1S/C21H28N4O5/c1-14(2)12-24-10-8-21(9-11-24)19(28)25(20(29)23-21)13-17(26)22-16-6-4-15(5-7-16)18(27)30-3/h4-7,14H,8-13H2,1-3H3,(H,22,26)(H,23,29). The number of methoxy groups -OCH3 is 1. The molecule has 0 atom stereocenters. The van der Waals surface area contributed by atoms with E-state index in [-0.39, 0.29) is 12.5 Å². The minimum absolute atomic E-state index is 0.340. The molecule has 2 N–H and O–H groups in total. The monoisotopic (exact) mass is 416 g/mol. The molecule has 0 saturated carbocycles. The number of carbonyl (C=O) groups excluding carboxylic acids is 4. The summed E-state index contributed by atoms with van der Waals surface area (Å²) in [5, 5.41) is 5.46. The topological polar surface area (TPSA) is 108 Å². The first-order chi connectivity index (χ1) is 14.2. The number of esters is 1. The zero-order chi connectivity index (χ0) is 21.9. The number of piperidine rings is 1. The van der Waals surface area contributed by atoms with Crippen LogP contribution in [0.4, 0.5) is 10.5 Å². The van der Waals surface area contributed by atoms with Crippen molar-refractivity contribution in [2.75, 3.05) is 38.6 Å². The van der Waals surface area contributed by atoms with E-state index >= 15 is 0 Å². The quantitative estimate of drug-likeness (QED) is 0.537. The predicted molar refractivity (Wildman–Crippen MR) is 110 cm³/mol. The molecule has 1 spiro atoms. The summed E-state index contributed by atoms with van der Waals surface area (Å²) in [5.41, 5.74) is -0.0979. The van der Waals surface area contributed by atoms with Gasteiger partial charge in [-0.1, -0.05) is 13.8 Å². The van der Waals surface area contributed by atoms with Gasteiger partial charge in [0, 0.05) is 25.3 Å². The Bertz CT molecular complexity index is 828. The van der Waals surface area contributed by atoms with Crippen molar-refractivity contribution in [2.45, 2.75) is 32.2 Å². The molecule has 9 nitrogen and oxygen atoms in total. The Morgan fingerprint density at radius 1 is 1.17 bits per heavy atom. The first-order valence-electron chi connectivity index (χ1n) is 10.1. The molecule has 4 amide bonds. The first-order valence-corrected chi connectivity index (χ1v) is 10.1. The van der Waals surface area contributed by atoms with Gasteiger partial charge in [-0.2, -0.15) is 0 Å². The number of nitrogens with zero attached hydrogens (tertiary/aromatic N) is 2. The Morgan fingerprint density at radius 3 is 2.37 bits per heavy atom. The smallest absolute Gasteiger partial charge is 0.337 e. The number of carbonyl (C=O) groups is 4. The number of hydrogen-bond donors (Lipinski definition) is 2. The number of urea groups is 1. The third-order valence-corrected chi connectivity index (χ3v) is 5.47. The number of amides is 4. The summed E-state index contributed by atoms with van der Waals surface area (Å²) < 4.78 is 4.63. The Kier molecular flexibility index (Phi) is 6.40. The minimum Gasteiger partial charge on any atom is -0.465 e. The summed E-state index contributed by atoms with van der Waals surface area (Å²) in [6.45, 7) is 6.36. The Morgan fingerprint density at radius 2 is 1.80 bits per heavy atom. The fourth-order valence-electron chi connectivity index (χ4n) is 3.94. The van der Waals surface area contributed by atoms with Crippen molar-refractivity contribution in [1.29, 1.82) is 0 Å². The lowest BCUT2D eigenvalue weighted by Crippen LogP contribution is -2.55. The van der Waals surface area contributed by atoms with Crippen molar-refractivity contribution in [1.82, 2.24) is 15.1 Å². The van der Waals surface area contributed by atoms with Crippen molar-refractivity contribution < 1.29 is 23.9 Å². The van der Waals surface area contributed by atoms with E-state index in [4.69, 9.17) is 0 Å². The molecule has 1 aromatic rings. The van der Waals surface area contributed by atoms with Crippen molar-refractivity contribution in [3.8, 4) is 0 Å². The van der Waals surface area contributed by atoms with E-state index in [1.54, 1.807) is 12.1 Å². The van der Waals surface area contributed by atoms with Crippen LogP contribution in [0.3, 0.4) is 0 Å². The minimum atomic E-state index is -0.910. The summed E-state index contributed by atoms with van der Waals surface area (Å²) in [5.74, 6) is -0.766. The average Bonchev–Trinajstić information content (AvgIpc) is 2.93. The highest BCUT2D eigenvalue weighted by Crippen LogP contribution is 2.29. The number of likely N-dealkylation sites (tertiary alicyclic amines) is 1. The van der Waals surface area contributed by atoms with Crippen molar-refractivity contribution >= 4 is 29.5 Å². The van der Waals surface area contributed by atoms with Crippen LogP contribution >= 0.6 is 0 Å². The van der Waals surface area contributed by atoms with Gasteiger partial charge in [0.15, 0.2) is 0 Å². The molecule has 30 heavy (non-hydrogen) atoms. The summed E-state index contributed by atoms with van der Waals surface area (Å²) >= 11 is 0. The zero-order valence-electron chi connectivity index (χ0n) is 17.6. The molecule has 1 aromatic carbocycles. The number of imide groups is 1. The van der Waals surface area contributed by atoms with Crippen molar-refractivity contribution in [3.63, 3.8) is 0 Å². The van der Waals surface area contributed by atoms with Gasteiger partial charge in [0.25, 0.3) is 5.91 Å². The molecule has 2 saturated heterocycles. The molecule has 0 aromatic heterocycles. The van der Waals surface area contributed by atoms with Gasteiger partial charge < -0.3 is 20.3 Å². The number of benzene rings is 1. The highest BCUT2D eigenvalue weighted by molar-refractivity contribution is 6.10. The van der Waals surface area contributed by atoms with Crippen molar-refractivity contribution in [3.05, 3.63) is 29.8 Å². The molecule has 2 aliphatic heterocycles. The van der Waals surface area contributed by atoms with E-state index in [0.29, 0.717) is 30.0 Å². The third kappa shape index (κ3) is 4.62. The van der Waals surface area contributed by atoms with E-state index in [9.17, 15) is 19.2 Å². The van der Waals surface area contributed by atoms with E-state index in [0.717, 1.165) is 24.5 Å². The summed E-state index contributed by atoms with van der Waals surface area (Å²) in [4.78, 5) is 52.5. The Labute approximate surface area is 175 Å². The van der Waals surface area contributed by atoms with Crippen LogP contribution in [0.15, 0.2) is 24.3 Å². The third-order valence-electron chi connectivity index (χ3n) is 5.47. The molecule has 0 aliphatic carbocycles. The van der Waals surface area contributed by atoms with Crippen LogP contribution in [0.5, 0.6) is 0 Å².